The predicted molar refractivity (Wildman–Crippen MR) is 64.6 cm³/mol. The zero-order chi connectivity index (χ0) is 10.4. The monoisotopic (exact) mass is 248 g/mol. The van der Waals surface area contributed by atoms with Crippen LogP contribution in [0, 0.1) is 0 Å². The van der Waals surface area contributed by atoms with Gasteiger partial charge in [0.25, 0.3) is 0 Å². The third-order valence-electron chi connectivity index (χ3n) is 1.79. The Hall–Kier alpha value is -0.170. The number of alkyl halides is 1. The maximum absolute atomic E-state index is 5.99. The van der Waals surface area contributed by atoms with Crippen LogP contribution < -0.4 is 0 Å². The Balaban J connectivity index is 2.62. The molecule has 0 saturated carbocycles. The van der Waals surface area contributed by atoms with E-state index in [1.807, 2.05) is 18.2 Å². The van der Waals surface area contributed by atoms with E-state index in [-0.39, 0.29) is 0 Å². The van der Waals surface area contributed by atoms with Gasteiger partial charge in [-0.2, -0.15) is 0 Å². The molecule has 0 aliphatic carbocycles. The Bertz CT molecular complexity index is 318. The Morgan fingerprint density at radius 3 is 2.64 bits per heavy atom. The van der Waals surface area contributed by atoms with Crippen molar-refractivity contribution in [3.63, 3.8) is 0 Å². The molecule has 0 N–H and O–H groups in total. The number of hydrogen-bond acceptors (Lipinski definition) is 0. The number of benzene rings is 1. The van der Waals surface area contributed by atoms with Gasteiger partial charge in [0.05, 0.1) is 0 Å². The summed E-state index contributed by atoms with van der Waals surface area (Å²) >= 11 is 17.4. The molecule has 0 atom stereocenters. The molecule has 0 aliphatic rings. The molecule has 0 saturated heterocycles. The van der Waals surface area contributed by atoms with E-state index in [9.17, 15) is 0 Å². The van der Waals surface area contributed by atoms with E-state index < -0.39 is 0 Å². The van der Waals surface area contributed by atoms with Crippen LogP contribution in [0.15, 0.2) is 30.4 Å². The molecule has 0 unspecified atom stereocenters. The van der Waals surface area contributed by atoms with Gasteiger partial charge in [-0.1, -0.05) is 35.4 Å². The highest BCUT2D eigenvalue weighted by molar-refractivity contribution is 6.33. The van der Waals surface area contributed by atoms with Crippen LogP contribution in [0.4, 0.5) is 0 Å². The summed E-state index contributed by atoms with van der Waals surface area (Å²) in [6.45, 7) is 0. The first kappa shape index (κ1) is 11.9. The summed E-state index contributed by atoms with van der Waals surface area (Å²) in [5.74, 6) is 0.653. The molecule has 1 rings (SSSR count). The summed E-state index contributed by atoms with van der Waals surface area (Å²) in [6.07, 6.45) is 5.79. The van der Waals surface area contributed by atoms with E-state index in [1.54, 1.807) is 6.07 Å². The van der Waals surface area contributed by atoms with Crippen LogP contribution in [-0.2, 0) is 6.42 Å². The lowest BCUT2D eigenvalue weighted by Gasteiger charge is -2.00. The third kappa shape index (κ3) is 3.91. The molecule has 0 bridgehead atoms. The Labute approximate surface area is 99.5 Å². The molecule has 76 valence electrons. The van der Waals surface area contributed by atoms with Crippen LogP contribution in [0.2, 0.25) is 10.0 Å². The quantitative estimate of drug-likeness (QED) is 0.535. The summed E-state index contributed by atoms with van der Waals surface area (Å²) < 4.78 is 0. The number of rotatable bonds is 4. The molecule has 1 aromatic rings. The predicted octanol–water partition coefficient (Wildman–Crippen LogP) is 4.72. The van der Waals surface area contributed by atoms with Crippen LogP contribution >= 0.6 is 34.8 Å². The largest absolute Gasteiger partial charge is 0.126 e. The van der Waals surface area contributed by atoms with Gasteiger partial charge in [-0.3, -0.25) is 0 Å². The van der Waals surface area contributed by atoms with E-state index in [4.69, 9.17) is 34.8 Å². The highest BCUT2D eigenvalue weighted by atomic mass is 35.5. The Morgan fingerprint density at radius 2 is 1.93 bits per heavy atom. The van der Waals surface area contributed by atoms with Crippen LogP contribution in [0.3, 0.4) is 0 Å². The molecule has 0 radical (unpaired) electrons. The molecule has 0 aromatic heterocycles. The third-order valence-corrected chi connectivity index (χ3v) is 2.61. The van der Waals surface area contributed by atoms with Crippen molar-refractivity contribution in [2.24, 2.45) is 0 Å². The summed E-state index contributed by atoms with van der Waals surface area (Å²) in [4.78, 5) is 0. The SMILES string of the molecule is ClCCC=CCc1cc(Cl)ccc1Cl. The molecule has 14 heavy (non-hydrogen) atoms. The first-order chi connectivity index (χ1) is 6.74. The van der Waals surface area contributed by atoms with Gasteiger partial charge in [-0.25, -0.2) is 0 Å². The molecule has 0 nitrogen and oxygen atoms in total. The van der Waals surface area contributed by atoms with E-state index in [2.05, 4.69) is 6.08 Å². The van der Waals surface area contributed by atoms with Crippen molar-refractivity contribution in [2.45, 2.75) is 12.8 Å². The van der Waals surface area contributed by atoms with Crippen molar-refractivity contribution < 1.29 is 0 Å². The molecule has 0 heterocycles. The van der Waals surface area contributed by atoms with Crippen molar-refractivity contribution in [1.29, 1.82) is 0 Å². The molecule has 0 amide bonds. The minimum atomic E-state index is 0.653. The maximum Gasteiger partial charge on any atom is 0.0442 e. The van der Waals surface area contributed by atoms with Gasteiger partial charge in [0, 0.05) is 15.9 Å². The zero-order valence-electron chi connectivity index (χ0n) is 7.64. The van der Waals surface area contributed by atoms with Gasteiger partial charge in [0.15, 0.2) is 0 Å². The lowest BCUT2D eigenvalue weighted by atomic mass is 10.1. The minimum absolute atomic E-state index is 0.653. The van der Waals surface area contributed by atoms with E-state index in [0.29, 0.717) is 5.88 Å². The van der Waals surface area contributed by atoms with Gasteiger partial charge < -0.3 is 0 Å². The van der Waals surface area contributed by atoms with Gasteiger partial charge in [-0.05, 0) is 36.6 Å². The lowest BCUT2D eigenvalue weighted by Crippen LogP contribution is -1.83. The van der Waals surface area contributed by atoms with Crippen molar-refractivity contribution in [2.75, 3.05) is 5.88 Å². The second-order valence-electron chi connectivity index (χ2n) is 2.89. The average Bonchev–Trinajstić information content (AvgIpc) is 2.18. The second kappa shape index (κ2) is 6.34. The minimum Gasteiger partial charge on any atom is -0.126 e. The number of hydrogen-bond donors (Lipinski definition) is 0. The first-order valence-corrected chi connectivity index (χ1v) is 5.68. The molecule has 0 spiro atoms. The topological polar surface area (TPSA) is 0 Å². The van der Waals surface area contributed by atoms with E-state index in [1.165, 1.54) is 0 Å². The summed E-state index contributed by atoms with van der Waals surface area (Å²) in [5.41, 5.74) is 1.05. The molecular weight excluding hydrogens is 238 g/mol. The van der Waals surface area contributed by atoms with Gasteiger partial charge in [0.1, 0.15) is 0 Å². The van der Waals surface area contributed by atoms with Crippen LogP contribution in [0.25, 0.3) is 0 Å². The molecule has 3 heteroatoms. The summed E-state index contributed by atoms with van der Waals surface area (Å²) in [5, 5.41) is 1.47. The van der Waals surface area contributed by atoms with Crippen molar-refractivity contribution in [1.82, 2.24) is 0 Å². The van der Waals surface area contributed by atoms with Gasteiger partial charge in [0.2, 0.25) is 0 Å². The highest BCUT2D eigenvalue weighted by Crippen LogP contribution is 2.21. The second-order valence-corrected chi connectivity index (χ2v) is 4.11. The molecular formula is C11H11Cl3. The van der Waals surface area contributed by atoms with Gasteiger partial charge >= 0.3 is 0 Å². The standard InChI is InChI=1S/C11H11Cl3/c12-7-3-1-2-4-9-8-10(13)5-6-11(9)14/h1-2,5-6,8H,3-4,7H2. The number of halogens is 3. The Morgan fingerprint density at radius 1 is 1.14 bits per heavy atom. The molecule has 0 aliphatic heterocycles. The fraction of sp³-hybridized carbons (Fsp3) is 0.273. The normalized spacial score (nSPS) is 11.1. The average molecular weight is 250 g/mol. The maximum atomic E-state index is 5.99. The summed E-state index contributed by atoms with van der Waals surface area (Å²) in [7, 11) is 0. The smallest absolute Gasteiger partial charge is 0.0442 e. The Kier molecular flexibility index (Phi) is 5.39. The highest BCUT2D eigenvalue weighted by Gasteiger charge is 1.98. The summed E-state index contributed by atoms with van der Waals surface area (Å²) in [6, 6.07) is 5.49. The fourth-order valence-electron chi connectivity index (χ4n) is 1.09. The fourth-order valence-corrected chi connectivity index (χ4v) is 1.61. The van der Waals surface area contributed by atoms with E-state index >= 15 is 0 Å². The van der Waals surface area contributed by atoms with Crippen molar-refractivity contribution in [3.05, 3.63) is 46.0 Å². The van der Waals surface area contributed by atoms with Crippen molar-refractivity contribution in [3.8, 4) is 0 Å². The molecule has 0 fully saturated rings. The lowest BCUT2D eigenvalue weighted by molar-refractivity contribution is 1.18. The van der Waals surface area contributed by atoms with Crippen LogP contribution in [0.5, 0.6) is 0 Å². The van der Waals surface area contributed by atoms with Crippen LogP contribution in [0.1, 0.15) is 12.0 Å². The number of allylic oxidation sites excluding steroid dienone is 2. The first-order valence-electron chi connectivity index (χ1n) is 4.39. The van der Waals surface area contributed by atoms with Gasteiger partial charge in [-0.15, -0.1) is 11.6 Å². The van der Waals surface area contributed by atoms with E-state index in [0.717, 1.165) is 28.5 Å². The van der Waals surface area contributed by atoms with Crippen molar-refractivity contribution >= 4 is 34.8 Å². The zero-order valence-corrected chi connectivity index (χ0v) is 9.91. The molecule has 1 aromatic carbocycles. The van der Waals surface area contributed by atoms with Crippen LogP contribution in [-0.4, -0.2) is 5.88 Å².